The summed E-state index contributed by atoms with van der Waals surface area (Å²) in [5.41, 5.74) is 5.30. The number of anilines is 3. The average molecular weight is 900 g/mol. The van der Waals surface area contributed by atoms with Crippen molar-refractivity contribution in [1.29, 1.82) is 0 Å². The molecule has 15 nitrogen and oxygen atoms in total. The molecule has 15 heteroatoms. The van der Waals surface area contributed by atoms with E-state index >= 15 is 0 Å². The van der Waals surface area contributed by atoms with E-state index in [1.54, 1.807) is 12.1 Å². The molecule has 3 aromatic carbocycles. The number of alkyl carbamates (subject to hydrolysis) is 2. The normalized spacial score (nSPS) is 15.9. The molecular formula is C50H73N7O8. The van der Waals surface area contributed by atoms with E-state index in [0.29, 0.717) is 43.3 Å². The lowest BCUT2D eigenvalue weighted by Crippen LogP contribution is -2.52. The Balaban J connectivity index is 0.000000349. The fourth-order valence-electron chi connectivity index (χ4n) is 7.58. The van der Waals surface area contributed by atoms with Crippen molar-refractivity contribution in [3.63, 3.8) is 0 Å². The van der Waals surface area contributed by atoms with Crippen molar-refractivity contribution >= 4 is 52.9 Å². The fraction of sp³-hybridized carbons (Fsp3) is 0.520. The van der Waals surface area contributed by atoms with Crippen LogP contribution in [0.4, 0.5) is 26.7 Å². The van der Waals surface area contributed by atoms with Gasteiger partial charge in [0.15, 0.2) is 0 Å². The van der Waals surface area contributed by atoms with Crippen LogP contribution in [0.25, 0.3) is 0 Å². The predicted molar refractivity (Wildman–Crippen MR) is 257 cm³/mol. The standard InChI is InChI=1S/C29H38N4O4.C18H27N3O4.C3H8/c1-29(2,3)21-11-15-23(16-12-21)32-17-5-7-24(32)20-9-13-22(14-10-20)31-27(35)25-8-6-18-33(25)26(34)19-30-28(36)37-4;1-5-11-21(12-15(22)19-14-9-7-6-8-10-14)17(23)16(13(2)3)20-18(24)25-4;1-3-2/h9-16,24-25H,5-8,17-19H2,1-4H3,(H,30,36)(H,31,35);6-10,13,16H,5,11-12H2,1-4H3,(H,19,22)(H,20,24);3H2,1-2H3. The molecule has 5 rings (SSSR count). The molecule has 4 N–H and O–H groups in total. The van der Waals surface area contributed by atoms with E-state index in [1.807, 2.05) is 51.1 Å². The first kappa shape index (κ1) is 53.2. The van der Waals surface area contributed by atoms with Crippen LogP contribution in [-0.4, -0.2) is 105 Å². The van der Waals surface area contributed by atoms with Crippen LogP contribution in [0.1, 0.15) is 111 Å². The van der Waals surface area contributed by atoms with Crippen molar-refractivity contribution in [1.82, 2.24) is 20.4 Å². The largest absolute Gasteiger partial charge is 0.453 e. The average Bonchev–Trinajstić information content (AvgIpc) is 3.99. The highest BCUT2D eigenvalue weighted by molar-refractivity contribution is 5.98. The molecule has 2 heterocycles. The van der Waals surface area contributed by atoms with E-state index in [2.05, 4.69) is 107 Å². The van der Waals surface area contributed by atoms with Gasteiger partial charge in [-0.15, -0.1) is 0 Å². The molecule has 2 aliphatic heterocycles. The molecule has 0 radical (unpaired) electrons. The molecule has 356 valence electrons. The minimum absolute atomic E-state index is 0.0758. The number of nitrogens with zero attached hydrogens (tertiary/aromatic N) is 3. The molecule has 6 amide bonds. The van der Waals surface area contributed by atoms with Gasteiger partial charge < -0.3 is 45.4 Å². The number of benzene rings is 3. The van der Waals surface area contributed by atoms with Crippen LogP contribution < -0.4 is 26.2 Å². The third-order valence-corrected chi connectivity index (χ3v) is 10.9. The molecule has 0 bridgehead atoms. The Morgan fingerprint density at radius 1 is 0.769 bits per heavy atom. The maximum atomic E-state index is 13.0. The van der Waals surface area contributed by atoms with E-state index in [4.69, 9.17) is 0 Å². The molecule has 0 saturated carbocycles. The van der Waals surface area contributed by atoms with Gasteiger partial charge in [0.2, 0.25) is 23.6 Å². The van der Waals surface area contributed by atoms with Gasteiger partial charge in [-0.25, -0.2) is 9.59 Å². The lowest BCUT2D eigenvalue weighted by Gasteiger charge is -2.29. The second kappa shape index (κ2) is 26.6. The molecule has 2 saturated heterocycles. The van der Waals surface area contributed by atoms with Gasteiger partial charge >= 0.3 is 12.2 Å². The van der Waals surface area contributed by atoms with Crippen LogP contribution in [0.2, 0.25) is 0 Å². The number of nitrogens with one attached hydrogen (secondary N) is 4. The van der Waals surface area contributed by atoms with Crippen molar-refractivity contribution in [2.75, 3.05) is 62.5 Å². The summed E-state index contributed by atoms with van der Waals surface area (Å²) in [7, 11) is 2.49. The zero-order chi connectivity index (χ0) is 48.1. The highest BCUT2D eigenvalue weighted by Gasteiger charge is 2.35. The molecule has 2 aliphatic rings. The highest BCUT2D eigenvalue weighted by Crippen LogP contribution is 2.37. The van der Waals surface area contributed by atoms with Gasteiger partial charge in [0.25, 0.3) is 0 Å². The zero-order valence-corrected chi connectivity index (χ0v) is 40.2. The van der Waals surface area contributed by atoms with Gasteiger partial charge in [-0.1, -0.05) is 104 Å². The number of amides is 6. The lowest BCUT2D eigenvalue weighted by molar-refractivity contribution is -0.137. The van der Waals surface area contributed by atoms with Crippen LogP contribution in [0.3, 0.4) is 0 Å². The summed E-state index contributed by atoms with van der Waals surface area (Å²) < 4.78 is 9.09. The number of hydrogen-bond donors (Lipinski definition) is 4. The monoisotopic (exact) mass is 900 g/mol. The molecule has 2 fully saturated rings. The van der Waals surface area contributed by atoms with Gasteiger partial charge in [-0.2, -0.15) is 0 Å². The quantitative estimate of drug-likeness (QED) is 0.124. The van der Waals surface area contributed by atoms with Crippen LogP contribution in [-0.2, 0) is 34.1 Å². The first-order valence-electron chi connectivity index (χ1n) is 22.8. The van der Waals surface area contributed by atoms with Gasteiger partial charge in [-0.3, -0.25) is 19.2 Å². The lowest BCUT2D eigenvalue weighted by atomic mass is 9.87. The molecule has 0 aliphatic carbocycles. The van der Waals surface area contributed by atoms with Crippen molar-refractivity contribution in [2.45, 2.75) is 117 Å². The Morgan fingerprint density at radius 2 is 1.37 bits per heavy atom. The van der Waals surface area contributed by atoms with E-state index in [1.165, 1.54) is 47.3 Å². The highest BCUT2D eigenvalue weighted by atomic mass is 16.5. The Morgan fingerprint density at radius 3 is 1.94 bits per heavy atom. The Hall–Kier alpha value is -6.12. The van der Waals surface area contributed by atoms with Crippen molar-refractivity contribution < 1.29 is 38.2 Å². The summed E-state index contributed by atoms with van der Waals surface area (Å²) in [4.78, 5) is 78.7. The van der Waals surface area contributed by atoms with Gasteiger partial charge in [0.1, 0.15) is 18.6 Å². The maximum absolute atomic E-state index is 13.0. The first-order valence-corrected chi connectivity index (χ1v) is 22.8. The van der Waals surface area contributed by atoms with Crippen molar-refractivity contribution in [3.8, 4) is 0 Å². The van der Waals surface area contributed by atoms with E-state index < -0.39 is 24.3 Å². The number of ether oxygens (including phenoxy) is 2. The number of para-hydroxylation sites is 1. The topological polar surface area (TPSA) is 179 Å². The number of likely N-dealkylation sites (tertiary alicyclic amines) is 1. The molecule has 0 aromatic heterocycles. The van der Waals surface area contributed by atoms with E-state index in [-0.39, 0.29) is 48.1 Å². The Labute approximate surface area is 386 Å². The molecule has 0 spiro atoms. The molecular weight excluding hydrogens is 827 g/mol. The number of carbonyl (C=O) groups excluding carboxylic acids is 6. The van der Waals surface area contributed by atoms with Gasteiger partial charge in [-0.05, 0) is 91.0 Å². The fourth-order valence-corrected chi connectivity index (χ4v) is 7.58. The Bertz CT molecular complexity index is 1970. The van der Waals surface area contributed by atoms with Crippen molar-refractivity contribution in [2.24, 2.45) is 5.92 Å². The summed E-state index contributed by atoms with van der Waals surface area (Å²) in [6.07, 6.45) is 4.18. The SMILES string of the molecule is CCC.CCCN(CC(=O)Nc1ccccc1)C(=O)C(NC(=O)OC)C(C)C.COC(=O)NCC(=O)N1CCCC1C(=O)Nc1ccc(C2CCCN2c2ccc(C(C)(C)C)cc2)cc1. The second-order valence-corrected chi connectivity index (χ2v) is 17.6. The summed E-state index contributed by atoms with van der Waals surface area (Å²) in [6.45, 7) is 18.2. The maximum Gasteiger partial charge on any atom is 0.407 e. The summed E-state index contributed by atoms with van der Waals surface area (Å²) >= 11 is 0. The number of hydrogen-bond acceptors (Lipinski definition) is 9. The van der Waals surface area contributed by atoms with Crippen LogP contribution in [0.5, 0.6) is 0 Å². The number of methoxy groups -OCH3 is 2. The van der Waals surface area contributed by atoms with Crippen LogP contribution in [0.15, 0.2) is 78.9 Å². The van der Waals surface area contributed by atoms with E-state index in [9.17, 15) is 28.8 Å². The third-order valence-electron chi connectivity index (χ3n) is 10.9. The van der Waals surface area contributed by atoms with Gasteiger partial charge in [0.05, 0.1) is 26.8 Å². The molecule has 3 aromatic rings. The number of carbonyl (C=O) groups is 6. The van der Waals surface area contributed by atoms with E-state index in [0.717, 1.165) is 25.8 Å². The van der Waals surface area contributed by atoms with Gasteiger partial charge in [0, 0.05) is 36.7 Å². The summed E-state index contributed by atoms with van der Waals surface area (Å²) in [5, 5.41) is 10.7. The predicted octanol–water partition coefficient (Wildman–Crippen LogP) is 8.27. The third kappa shape index (κ3) is 16.7. The van der Waals surface area contributed by atoms with Crippen molar-refractivity contribution in [3.05, 3.63) is 90.0 Å². The smallest absolute Gasteiger partial charge is 0.407 e. The molecule has 3 atom stereocenters. The number of rotatable bonds is 14. The second-order valence-electron chi connectivity index (χ2n) is 17.6. The van der Waals surface area contributed by atoms with Crippen LogP contribution in [0, 0.1) is 5.92 Å². The molecule has 3 unspecified atom stereocenters. The minimum atomic E-state index is -0.747. The molecule has 65 heavy (non-hydrogen) atoms. The zero-order valence-electron chi connectivity index (χ0n) is 40.2. The summed E-state index contributed by atoms with van der Waals surface area (Å²) in [5.74, 6) is -1.23. The van der Waals surface area contributed by atoms with Crippen LogP contribution >= 0.6 is 0 Å². The Kier molecular flexibility index (Phi) is 21.8. The minimum Gasteiger partial charge on any atom is -0.453 e. The summed E-state index contributed by atoms with van der Waals surface area (Å²) in [6, 6.07) is 25.0. The first-order chi connectivity index (χ1) is 31.0.